The molecule has 1 amide bonds. The van der Waals surface area contributed by atoms with Crippen molar-refractivity contribution in [1.82, 2.24) is 5.32 Å². The normalized spacial score (nSPS) is 10.1. The smallest absolute Gasteiger partial charge is 0.338 e. The number of carbonyl (C=O) groups is 2. The van der Waals surface area contributed by atoms with Crippen molar-refractivity contribution < 1.29 is 19.1 Å². The van der Waals surface area contributed by atoms with Gasteiger partial charge in [-0.05, 0) is 37.1 Å². The molecule has 2 aromatic carbocycles. The van der Waals surface area contributed by atoms with Gasteiger partial charge in [-0.3, -0.25) is 4.79 Å². The van der Waals surface area contributed by atoms with Crippen LogP contribution in [0.1, 0.15) is 21.5 Å². The average Bonchev–Trinajstić information content (AvgIpc) is 2.60. The SMILES string of the molecule is COc1ccccc1CCNC(=O)COC(=O)c1ccc(C)cc1. The number of methoxy groups -OCH3 is 1. The summed E-state index contributed by atoms with van der Waals surface area (Å²) < 4.78 is 10.3. The summed E-state index contributed by atoms with van der Waals surface area (Å²) >= 11 is 0. The monoisotopic (exact) mass is 327 g/mol. The fraction of sp³-hybridized carbons (Fsp3) is 0.263. The molecule has 2 aromatic rings. The zero-order valence-corrected chi connectivity index (χ0v) is 13.9. The van der Waals surface area contributed by atoms with Crippen molar-refractivity contribution in [1.29, 1.82) is 0 Å². The Morgan fingerprint density at radius 1 is 1.04 bits per heavy atom. The quantitative estimate of drug-likeness (QED) is 0.794. The summed E-state index contributed by atoms with van der Waals surface area (Å²) in [5.41, 5.74) is 2.50. The molecule has 0 atom stereocenters. The fourth-order valence-electron chi connectivity index (χ4n) is 2.20. The molecule has 0 heterocycles. The van der Waals surface area contributed by atoms with Crippen LogP contribution in [-0.2, 0) is 16.0 Å². The molecular formula is C19H21NO4. The Kier molecular flexibility index (Phi) is 6.37. The first-order valence-corrected chi connectivity index (χ1v) is 7.72. The van der Waals surface area contributed by atoms with E-state index in [4.69, 9.17) is 9.47 Å². The summed E-state index contributed by atoms with van der Waals surface area (Å²) in [5, 5.41) is 2.73. The molecule has 1 N–H and O–H groups in total. The summed E-state index contributed by atoms with van der Waals surface area (Å²) in [7, 11) is 1.61. The number of para-hydroxylation sites is 1. The first kappa shape index (κ1) is 17.5. The maximum atomic E-state index is 11.8. The third kappa shape index (κ3) is 5.12. The van der Waals surface area contributed by atoms with Crippen molar-refractivity contribution in [2.45, 2.75) is 13.3 Å². The van der Waals surface area contributed by atoms with Crippen LogP contribution in [-0.4, -0.2) is 32.1 Å². The molecule has 0 spiro atoms. The van der Waals surface area contributed by atoms with E-state index in [9.17, 15) is 9.59 Å². The summed E-state index contributed by atoms with van der Waals surface area (Å²) in [4.78, 5) is 23.6. The molecule has 24 heavy (non-hydrogen) atoms. The predicted octanol–water partition coefficient (Wildman–Crippen LogP) is 2.52. The molecule has 5 heteroatoms. The van der Waals surface area contributed by atoms with Crippen LogP contribution in [0.3, 0.4) is 0 Å². The van der Waals surface area contributed by atoms with Gasteiger partial charge in [-0.2, -0.15) is 0 Å². The Morgan fingerprint density at radius 3 is 2.46 bits per heavy atom. The van der Waals surface area contributed by atoms with Crippen molar-refractivity contribution in [3.05, 3.63) is 65.2 Å². The Balaban J connectivity index is 1.73. The molecule has 0 saturated carbocycles. The van der Waals surface area contributed by atoms with Crippen molar-refractivity contribution >= 4 is 11.9 Å². The molecule has 0 unspecified atom stereocenters. The van der Waals surface area contributed by atoms with E-state index in [1.807, 2.05) is 43.3 Å². The molecule has 5 nitrogen and oxygen atoms in total. The molecule has 0 fully saturated rings. The Labute approximate surface area is 141 Å². The van der Waals surface area contributed by atoms with Gasteiger partial charge in [0, 0.05) is 6.54 Å². The van der Waals surface area contributed by atoms with E-state index in [-0.39, 0.29) is 12.5 Å². The highest BCUT2D eigenvalue weighted by Crippen LogP contribution is 2.17. The number of ether oxygens (including phenoxy) is 2. The lowest BCUT2D eigenvalue weighted by Crippen LogP contribution is -2.30. The summed E-state index contributed by atoms with van der Waals surface area (Å²) in [5.74, 6) is -0.0437. The van der Waals surface area contributed by atoms with Crippen LogP contribution >= 0.6 is 0 Å². The van der Waals surface area contributed by atoms with Crippen LogP contribution in [0.5, 0.6) is 5.75 Å². The highest BCUT2D eigenvalue weighted by Gasteiger charge is 2.10. The maximum Gasteiger partial charge on any atom is 0.338 e. The van der Waals surface area contributed by atoms with Crippen LogP contribution in [0.15, 0.2) is 48.5 Å². The van der Waals surface area contributed by atoms with E-state index in [2.05, 4.69) is 5.32 Å². The van der Waals surface area contributed by atoms with E-state index in [1.165, 1.54) is 0 Å². The van der Waals surface area contributed by atoms with Gasteiger partial charge in [0.1, 0.15) is 5.75 Å². The molecule has 126 valence electrons. The standard InChI is InChI=1S/C19H21NO4/c1-14-7-9-16(10-8-14)19(22)24-13-18(21)20-12-11-15-5-3-4-6-17(15)23-2/h3-10H,11-13H2,1-2H3,(H,20,21). The van der Waals surface area contributed by atoms with E-state index in [0.717, 1.165) is 16.9 Å². The Hall–Kier alpha value is -2.82. The number of nitrogens with one attached hydrogen (secondary N) is 1. The Bertz CT molecular complexity index is 695. The second kappa shape index (κ2) is 8.72. The maximum absolute atomic E-state index is 11.8. The van der Waals surface area contributed by atoms with Crippen molar-refractivity contribution in [3.8, 4) is 5.75 Å². The van der Waals surface area contributed by atoms with Crippen LogP contribution in [0.2, 0.25) is 0 Å². The molecule has 0 aliphatic carbocycles. The highest BCUT2D eigenvalue weighted by molar-refractivity contribution is 5.91. The van der Waals surface area contributed by atoms with Gasteiger partial charge in [-0.1, -0.05) is 35.9 Å². The van der Waals surface area contributed by atoms with E-state index in [1.54, 1.807) is 19.2 Å². The van der Waals surface area contributed by atoms with Crippen LogP contribution < -0.4 is 10.1 Å². The van der Waals surface area contributed by atoms with Gasteiger partial charge in [0.05, 0.1) is 12.7 Å². The van der Waals surface area contributed by atoms with Gasteiger partial charge < -0.3 is 14.8 Å². The number of amides is 1. The minimum Gasteiger partial charge on any atom is -0.496 e. The van der Waals surface area contributed by atoms with Crippen molar-refractivity contribution in [3.63, 3.8) is 0 Å². The average molecular weight is 327 g/mol. The molecule has 2 rings (SSSR count). The highest BCUT2D eigenvalue weighted by atomic mass is 16.5. The van der Waals surface area contributed by atoms with Crippen LogP contribution in [0.25, 0.3) is 0 Å². The molecular weight excluding hydrogens is 306 g/mol. The summed E-state index contributed by atoms with van der Waals surface area (Å²) in [6.45, 7) is 2.09. The Morgan fingerprint density at radius 2 is 1.75 bits per heavy atom. The van der Waals surface area contributed by atoms with Gasteiger partial charge >= 0.3 is 5.97 Å². The third-order valence-corrected chi connectivity index (χ3v) is 3.53. The number of rotatable bonds is 7. The number of carbonyl (C=O) groups excluding carboxylic acids is 2. The second-order valence-electron chi connectivity index (χ2n) is 5.35. The first-order valence-electron chi connectivity index (χ1n) is 7.72. The van der Waals surface area contributed by atoms with Gasteiger partial charge in [0.25, 0.3) is 5.91 Å². The number of hydrogen-bond acceptors (Lipinski definition) is 4. The molecule has 0 aromatic heterocycles. The summed E-state index contributed by atoms with van der Waals surface area (Å²) in [6.07, 6.45) is 0.641. The lowest BCUT2D eigenvalue weighted by Gasteiger charge is -2.09. The lowest BCUT2D eigenvalue weighted by atomic mass is 10.1. The number of benzene rings is 2. The second-order valence-corrected chi connectivity index (χ2v) is 5.35. The fourth-order valence-corrected chi connectivity index (χ4v) is 2.20. The van der Waals surface area contributed by atoms with Gasteiger partial charge in [-0.15, -0.1) is 0 Å². The molecule has 0 radical (unpaired) electrons. The van der Waals surface area contributed by atoms with Crippen LogP contribution in [0.4, 0.5) is 0 Å². The largest absolute Gasteiger partial charge is 0.496 e. The number of hydrogen-bond donors (Lipinski definition) is 1. The predicted molar refractivity (Wildman–Crippen MR) is 91.2 cm³/mol. The van der Waals surface area contributed by atoms with Gasteiger partial charge in [0.2, 0.25) is 0 Å². The molecule has 0 saturated heterocycles. The number of esters is 1. The minimum atomic E-state index is -0.505. The van der Waals surface area contributed by atoms with E-state index in [0.29, 0.717) is 18.5 Å². The first-order chi connectivity index (χ1) is 11.6. The number of aryl methyl sites for hydroxylation is 1. The summed E-state index contributed by atoms with van der Waals surface area (Å²) in [6, 6.07) is 14.6. The van der Waals surface area contributed by atoms with Gasteiger partial charge in [0.15, 0.2) is 6.61 Å². The zero-order chi connectivity index (χ0) is 17.4. The van der Waals surface area contributed by atoms with Crippen molar-refractivity contribution in [2.75, 3.05) is 20.3 Å². The zero-order valence-electron chi connectivity index (χ0n) is 13.9. The van der Waals surface area contributed by atoms with E-state index < -0.39 is 5.97 Å². The minimum absolute atomic E-state index is 0.293. The molecule has 0 bridgehead atoms. The third-order valence-electron chi connectivity index (χ3n) is 3.53. The topological polar surface area (TPSA) is 64.6 Å². The molecule has 0 aliphatic heterocycles. The van der Waals surface area contributed by atoms with Gasteiger partial charge in [-0.25, -0.2) is 4.79 Å². The van der Waals surface area contributed by atoms with E-state index >= 15 is 0 Å². The lowest BCUT2D eigenvalue weighted by molar-refractivity contribution is -0.124. The van der Waals surface area contributed by atoms with Crippen LogP contribution in [0, 0.1) is 6.92 Å². The molecule has 0 aliphatic rings. The van der Waals surface area contributed by atoms with Crippen molar-refractivity contribution in [2.24, 2.45) is 0 Å².